The monoisotopic (exact) mass is 491 g/mol. The Bertz CT molecular complexity index is 1210. The van der Waals surface area contributed by atoms with Crippen molar-refractivity contribution in [2.75, 3.05) is 26.2 Å². The van der Waals surface area contributed by atoms with Crippen molar-refractivity contribution in [3.05, 3.63) is 71.4 Å². The van der Waals surface area contributed by atoms with Gasteiger partial charge in [0.05, 0.1) is 17.5 Å². The van der Waals surface area contributed by atoms with Gasteiger partial charge in [-0.3, -0.25) is 19.8 Å². The quantitative estimate of drug-likeness (QED) is 0.267. The van der Waals surface area contributed by atoms with Gasteiger partial charge in [-0.05, 0) is 56.2 Å². The lowest BCUT2D eigenvalue weighted by Gasteiger charge is -2.42. The number of hydroxylamine groups is 1. The molecule has 36 heavy (non-hydrogen) atoms. The van der Waals surface area contributed by atoms with Gasteiger partial charge in [-0.25, -0.2) is 5.48 Å². The smallest absolute Gasteiger partial charge is 0.251 e. The van der Waals surface area contributed by atoms with Crippen molar-refractivity contribution in [3.8, 4) is 5.75 Å². The summed E-state index contributed by atoms with van der Waals surface area (Å²) in [6.07, 6.45) is 1.19. The number of amides is 2. The maximum absolute atomic E-state index is 13.1. The Labute approximate surface area is 210 Å². The van der Waals surface area contributed by atoms with Gasteiger partial charge in [-0.15, -0.1) is 0 Å². The van der Waals surface area contributed by atoms with E-state index in [0.717, 1.165) is 28.7 Å². The highest BCUT2D eigenvalue weighted by Crippen LogP contribution is 2.27. The number of hydrogen-bond donors (Lipinski definition) is 4. The van der Waals surface area contributed by atoms with E-state index < -0.39 is 11.4 Å². The first kappa shape index (κ1) is 25.6. The second-order valence-corrected chi connectivity index (χ2v) is 9.33. The number of hydrogen-bond acceptors (Lipinski definition) is 7. The number of carbonyl (C=O) groups is 2. The fraction of sp³-hybridized carbons (Fsp3) is 0.370. The van der Waals surface area contributed by atoms with Gasteiger partial charge in [0, 0.05) is 48.4 Å². The molecule has 1 fully saturated rings. The molecule has 0 radical (unpaired) electrons. The molecule has 190 valence electrons. The van der Waals surface area contributed by atoms with Crippen LogP contribution in [0.2, 0.25) is 0 Å². The van der Waals surface area contributed by atoms with Crippen molar-refractivity contribution in [1.29, 1.82) is 0 Å². The number of nitrogens with zero attached hydrogens (tertiary/aromatic N) is 2. The van der Waals surface area contributed by atoms with Crippen molar-refractivity contribution in [1.82, 2.24) is 20.7 Å². The summed E-state index contributed by atoms with van der Waals surface area (Å²) >= 11 is 0. The molecule has 1 aromatic heterocycles. The number of para-hydroxylation sites is 1. The van der Waals surface area contributed by atoms with Gasteiger partial charge in [-0.2, -0.15) is 0 Å². The van der Waals surface area contributed by atoms with E-state index in [1.807, 2.05) is 37.3 Å². The molecular weight excluding hydrogens is 458 g/mol. The van der Waals surface area contributed by atoms with Crippen LogP contribution in [0.25, 0.3) is 10.9 Å². The average Bonchev–Trinajstić information content (AvgIpc) is 2.89. The van der Waals surface area contributed by atoms with Crippen molar-refractivity contribution >= 4 is 22.7 Å². The van der Waals surface area contributed by atoms with E-state index in [9.17, 15) is 9.59 Å². The minimum Gasteiger partial charge on any atom is -0.489 e. The molecule has 5 N–H and O–H groups in total. The van der Waals surface area contributed by atoms with E-state index in [1.54, 1.807) is 29.7 Å². The molecule has 2 aromatic carbocycles. The molecule has 0 spiro atoms. The molecule has 9 nitrogen and oxygen atoms in total. The number of likely N-dealkylation sites (tertiary alicyclic amines) is 1. The summed E-state index contributed by atoms with van der Waals surface area (Å²) in [7, 11) is 0. The number of nitrogens with two attached hydrogens (primary N) is 1. The van der Waals surface area contributed by atoms with E-state index >= 15 is 0 Å². The summed E-state index contributed by atoms with van der Waals surface area (Å²) in [6.45, 7) is 5.10. The summed E-state index contributed by atoms with van der Waals surface area (Å²) in [5.41, 5.74) is 10.0. The predicted octanol–water partition coefficient (Wildman–Crippen LogP) is 2.54. The number of aryl methyl sites for hydroxylation is 1. The number of fused-ring (bicyclic) bond motifs is 1. The van der Waals surface area contributed by atoms with Gasteiger partial charge in [0.2, 0.25) is 5.91 Å². The van der Waals surface area contributed by atoms with Gasteiger partial charge < -0.3 is 20.7 Å². The van der Waals surface area contributed by atoms with Gasteiger partial charge in [0.1, 0.15) is 12.4 Å². The van der Waals surface area contributed by atoms with E-state index in [0.29, 0.717) is 50.4 Å². The fourth-order valence-corrected chi connectivity index (χ4v) is 4.77. The zero-order valence-electron chi connectivity index (χ0n) is 20.5. The lowest BCUT2D eigenvalue weighted by molar-refractivity contribution is -0.131. The van der Waals surface area contributed by atoms with Crippen LogP contribution in [0.3, 0.4) is 0 Å². The Morgan fingerprint density at radius 2 is 1.86 bits per heavy atom. The third-order valence-electron chi connectivity index (χ3n) is 6.70. The van der Waals surface area contributed by atoms with Gasteiger partial charge in [0.15, 0.2) is 0 Å². The van der Waals surface area contributed by atoms with Crippen LogP contribution in [0, 0.1) is 6.92 Å². The number of aromatic nitrogens is 1. The molecule has 2 amide bonds. The highest BCUT2D eigenvalue weighted by Gasteiger charge is 2.38. The molecule has 1 aliphatic heterocycles. The van der Waals surface area contributed by atoms with Crippen LogP contribution in [0.5, 0.6) is 5.75 Å². The molecule has 2 heterocycles. The number of rotatable bonds is 9. The highest BCUT2D eigenvalue weighted by molar-refractivity contribution is 5.95. The lowest BCUT2D eigenvalue weighted by Crippen LogP contribution is -2.57. The number of pyridine rings is 1. The maximum Gasteiger partial charge on any atom is 0.251 e. The molecule has 1 saturated heterocycles. The summed E-state index contributed by atoms with van der Waals surface area (Å²) < 4.78 is 6.01. The summed E-state index contributed by atoms with van der Waals surface area (Å²) in [5, 5.41) is 13.2. The number of ether oxygens (including phenoxy) is 1. The third kappa shape index (κ3) is 6.17. The van der Waals surface area contributed by atoms with Gasteiger partial charge in [-0.1, -0.05) is 18.2 Å². The Morgan fingerprint density at radius 3 is 2.56 bits per heavy atom. The van der Waals surface area contributed by atoms with E-state index in [4.69, 9.17) is 15.7 Å². The Morgan fingerprint density at radius 1 is 1.14 bits per heavy atom. The molecule has 9 heteroatoms. The molecular formula is C27H33N5O4. The zero-order valence-corrected chi connectivity index (χ0v) is 20.5. The molecule has 0 bridgehead atoms. The molecule has 0 saturated carbocycles. The molecule has 1 aliphatic rings. The molecule has 0 atom stereocenters. The van der Waals surface area contributed by atoms with Crippen molar-refractivity contribution in [2.24, 2.45) is 5.73 Å². The Kier molecular flexibility index (Phi) is 8.14. The van der Waals surface area contributed by atoms with Crippen LogP contribution in [0.1, 0.15) is 40.9 Å². The largest absolute Gasteiger partial charge is 0.489 e. The Balaban J connectivity index is 1.41. The van der Waals surface area contributed by atoms with Crippen molar-refractivity contribution < 1.29 is 19.5 Å². The first-order valence-electron chi connectivity index (χ1n) is 12.2. The molecule has 4 rings (SSSR count). The first-order chi connectivity index (χ1) is 17.4. The summed E-state index contributed by atoms with van der Waals surface area (Å²) in [4.78, 5) is 31.8. The number of benzene rings is 2. The first-order valence-corrected chi connectivity index (χ1v) is 12.2. The summed E-state index contributed by atoms with van der Waals surface area (Å²) in [6, 6.07) is 16.9. The molecule has 0 aliphatic carbocycles. The van der Waals surface area contributed by atoms with Crippen LogP contribution in [0.4, 0.5) is 0 Å². The second kappa shape index (κ2) is 11.5. The lowest BCUT2D eigenvalue weighted by atomic mass is 9.83. The Hall–Kier alpha value is -3.53. The highest BCUT2D eigenvalue weighted by atomic mass is 16.5. The molecule has 3 aromatic rings. The van der Waals surface area contributed by atoms with E-state index in [-0.39, 0.29) is 12.3 Å². The van der Waals surface area contributed by atoms with Crippen molar-refractivity contribution in [2.45, 2.75) is 38.3 Å². The van der Waals surface area contributed by atoms with E-state index in [2.05, 4.69) is 15.2 Å². The van der Waals surface area contributed by atoms with Crippen LogP contribution < -0.4 is 21.3 Å². The van der Waals surface area contributed by atoms with Crippen LogP contribution in [-0.4, -0.2) is 58.6 Å². The summed E-state index contributed by atoms with van der Waals surface area (Å²) in [5.74, 6) is -0.143. The predicted molar refractivity (Wildman–Crippen MR) is 137 cm³/mol. The fourth-order valence-electron chi connectivity index (χ4n) is 4.77. The normalized spacial score (nSPS) is 15.4. The van der Waals surface area contributed by atoms with Crippen LogP contribution in [0.15, 0.2) is 54.6 Å². The van der Waals surface area contributed by atoms with Gasteiger partial charge in [0.25, 0.3) is 5.91 Å². The number of nitrogens with one attached hydrogen (secondary N) is 2. The minimum atomic E-state index is -0.732. The average molecular weight is 492 g/mol. The molecule has 0 unspecified atom stereocenters. The van der Waals surface area contributed by atoms with Crippen LogP contribution >= 0.6 is 0 Å². The number of carbonyl (C=O) groups excluding carboxylic acids is 2. The maximum atomic E-state index is 13.1. The van der Waals surface area contributed by atoms with Gasteiger partial charge >= 0.3 is 0 Å². The minimum absolute atomic E-state index is 0.00616. The SMILES string of the molecule is Cc1cc(COc2ccc(C(=O)NC3(CC(=O)NO)CCN(CCN)CC3)cc2)c2ccccc2n1. The van der Waals surface area contributed by atoms with E-state index in [1.165, 1.54) is 0 Å². The zero-order chi connectivity index (χ0) is 25.5. The second-order valence-electron chi connectivity index (χ2n) is 9.33. The van der Waals surface area contributed by atoms with Crippen LogP contribution in [-0.2, 0) is 11.4 Å². The van der Waals surface area contributed by atoms with Crippen molar-refractivity contribution in [3.63, 3.8) is 0 Å². The topological polar surface area (TPSA) is 130 Å². The number of piperidine rings is 1. The third-order valence-corrected chi connectivity index (χ3v) is 6.70. The standard InChI is InChI=1S/C27H33N5O4/c1-19-16-21(23-4-2-3-5-24(23)29-19)18-36-22-8-6-20(7-9-22)26(34)30-27(17-25(33)31-35)10-13-32(14-11-27)15-12-28/h2-9,16,35H,10-15,17-18,28H2,1H3,(H,30,34)(H,31,33).